The summed E-state index contributed by atoms with van der Waals surface area (Å²) in [4.78, 5) is 4.32. The van der Waals surface area contributed by atoms with Gasteiger partial charge in [-0.25, -0.2) is 0 Å². The highest BCUT2D eigenvalue weighted by Gasteiger charge is 2.21. The van der Waals surface area contributed by atoms with Gasteiger partial charge in [-0.05, 0) is 18.2 Å². The maximum absolute atomic E-state index is 6.21. The molecule has 1 aromatic heterocycles. The van der Waals surface area contributed by atoms with Gasteiger partial charge in [0.25, 0.3) is 0 Å². The molecule has 1 heterocycles. The highest BCUT2D eigenvalue weighted by molar-refractivity contribution is 5.44. The molecule has 0 aliphatic rings. The summed E-state index contributed by atoms with van der Waals surface area (Å²) in [5.74, 6) is 2.52. The van der Waals surface area contributed by atoms with Gasteiger partial charge in [0.1, 0.15) is 11.5 Å². The Kier molecular flexibility index (Phi) is 4.24. The summed E-state index contributed by atoms with van der Waals surface area (Å²) < 4.78 is 15.7. The first-order valence-electron chi connectivity index (χ1n) is 6.37. The van der Waals surface area contributed by atoms with E-state index in [-0.39, 0.29) is 5.92 Å². The Morgan fingerprint density at radius 1 is 1.20 bits per heavy atom. The Morgan fingerprint density at radius 3 is 2.50 bits per heavy atom. The third kappa shape index (κ3) is 2.75. The number of nitrogens with zero attached hydrogens (tertiary/aromatic N) is 2. The molecule has 1 aromatic carbocycles. The van der Waals surface area contributed by atoms with Gasteiger partial charge in [0.15, 0.2) is 5.82 Å². The van der Waals surface area contributed by atoms with Crippen LogP contribution in [0.15, 0.2) is 22.7 Å². The molecule has 0 aliphatic heterocycles. The number of rotatable bonds is 5. The molecule has 0 saturated heterocycles. The van der Waals surface area contributed by atoms with Gasteiger partial charge in [-0.1, -0.05) is 19.0 Å². The predicted molar refractivity (Wildman–Crippen MR) is 74.0 cm³/mol. The number of ether oxygens (including phenoxy) is 2. The second-order valence-electron chi connectivity index (χ2n) is 4.73. The molecule has 0 bridgehead atoms. The molecule has 2 N–H and O–H groups in total. The molecule has 0 amide bonds. The van der Waals surface area contributed by atoms with Crippen LogP contribution < -0.4 is 15.2 Å². The second-order valence-corrected chi connectivity index (χ2v) is 4.73. The van der Waals surface area contributed by atoms with Crippen LogP contribution in [0.5, 0.6) is 11.5 Å². The Balaban J connectivity index is 2.37. The lowest BCUT2D eigenvalue weighted by molar-refractivity contribution is 0.358. The van der Waals surface area contributed by atoms with Gasteiger partial charge in [-0.2, -0.15) is 4.98 Å². The molecule has 1 atom stereocenters. The molecule has 0 fully saturated rings. The highest BCUT2D eigenvalue weighted by atomic mass is 16.5. The number of hydrogen-bond acceptors (Lipinski definition) is 6. The lowest BCUT2D eigenvalue weighted by atomic mass is 10.1. The summed E-state index contributed by atoms with van der Waals surface area (Å²) in [5, 5.41) is 3.94. The Hall–Kier alpha value is -2.08. The smallest absolute Gasteiger partial charge is 0.229 e. The molecule has 2 rings (SSSR count). The third-order valence-electron chi connectivity index (χ3n) is 3.00. The van der Waals surface area contributed by atoms with E-state index in [1.54, 1.807) is 20.3 Å². The van der Waals surface area contributed by atoms with Crippen molar-refractivity contribution in [3.63, 3.8) is 0 Å². The van der Waals surface area contributed by atoms with Crippen LogP contribution in [0.4, 0.5) is 0 Å². The van der Waals surface area contributed by atoms with Crippen LogP contribution in [-0.4, -0.2) is 24.4 Å². The van der Waals surface area contributed by atoms with Gasteiger partial charge in [0.05, 0.1) is 20.3 Å². The molecule has 0 aliphatic carbocycles. The number of methoxy groups -OCH3 is 2. The lowest BCUT2D eigenvalue weighted by Crippen LogP contribution is -2.15. The van der Waals surface area contributed by atoms with Crippen molar-refractivity contribution in [1.29, 1.82) is 0 Å². The van der Waals surface area contributed by atoms with Crippen molar-refractivity contribution in [2.75, 3.05) is 14.2 Å². The van der Waals surface area contributed by atoms with Crippen LogP contribution >= 0.6 is 0 Å². The fourth-order valence-corrected chi connectivity index (χ4v) is 1.83. The van der Waals surface area contributed by atoms with Crippen molar-refractivity contribution in [3.05, 3.63) is 35.5 Å². The van der Waals surface area contributed by atoms with E-state index in [1.807, 2.05) is 26.0 Å². The standard InChI is InChI=1S/C14H19N3O3/c1-8(2)14-16-13(17-20-14)12(15)10-7-9(18-3)5-6-11(10)19-4/h5-8,12H,15H2,1-4H3. The van der Waals surface area contributed by atoms with Crippen LogP contribution in [0.25, 0.3) is 0 Å². The minimum absolute atomic E-state index is 0.163. The summed E-state index contributed by atoms with van der Waals surface area (Å²) in [5.41, 5.74) is 6.96. The van der Waals surface area contributed by atoms with Crippen LogP contribution in [0.1, 0.15) is 43.1 Å². The number of nitrogens with two attached hydrogens (primary N) is 1. The van der Waals surface area contributed by atoms with Gasteiger partial charge in [0, 0.05) is 11.5 Å². The number of aromatic nitrogens is 2. The van der Waals surface area contributed by atoms with E-state index < -0.39 is 6.04 Å². The van der Waals surface area contributed by atoms with Crippen molar-refractivity contribution in [1.82, 2.24) is 10.1 Å². The zero-order valence-electron chi connectivity index (χ0n) is 12.1. The summed E-state index contributed by atoms with van der Waals surface area (Å²) in [6, 6.07) is 4.90. The molecular weight excluding hydrogens is 258 g/mol. The Bertz CT molecular complexity index is 581. The topological polar surface area (TPSA) is 83.4 Å². The van der Waals surface area contributed by atoms with Crippen LogP contribution in [0.2, 0.25) is 0 Å². The zero-order valence-corrected chi connectivity index (χ0v) is 12.1. The van der Waals surface area contributed by atoms with Crippen molar-refractivity contribution in [3.8, 4) is 11.5 Å². The zero-order chi connectivity index (χ0) is 14.7. The maximum Gasteiger partial charge on any atom is 0.229 e. The molecule has 108 valence electrons. The molecule has 0 radical (unpaired) electrons. The van der Waals surface area contributed by atoms with Gasteiger partial charge in [-0.15, -0.1) is 0 Å². The van der Waals surface area contributed by atoms with Gasteiger partial charge >= 0.3 is 0 Å². The first kappa shape index (κ1) is 14.3. The molecule has 1 unspecified atom stereocenters. The predicted octanol–water partition coefficient (Wildman–Crippen LogP) is 2.26. The van der Waals surface area contributed by atoms with Gasteiger partial charge < -0.3 is 19.7 Å². The average Bonchev–Trinajstić information content (AvgIpc) is 2.95. The third-order valence-corrected chi connectivity index (χ3v) is 3.00. The van der Waals surface area contributed by atoms with E-state index in [0.29, 0.717) is 23.2 Å². The number of hydrogen-bond donors (Lipinski definition) is 1. The Morgan fingerprint density at radius 2 is 1.95 bits per heavy atom. The summed E-state index contributed by atoms with van der Waals surface area (Å²) >= 11 is 0. The van der Waals surface area contributed by atoms with Crippen LogP contribution in [-0.2, 0) is 0 Å². The van der Waals surface area contributed by atoms with E-state index in [9.17, 15) is 0 Å². The highest BCUT2D eigenvalue weighted by Crippen LogP contribution is 2.31. The normalized spacial score (nSPS) is 12.5. The van der Waals surface area contributed by atoms with Crippen molar-refractivity contribution in [2.24, 2.45) is 5.73 Å². The maximum atomic E-state index is 6.21. The van der Waals surface area contributed by atoms with Gasteiger partial charge in [0.2, 0.25) is 5.89 Å². The first-order valence-corrected chi connectivity index (χ1v) is 6.37. The van der Waals surface area contributed by atoms with Crippen molar-refractivity contribution < 1.29 is 14.0 Å². The average molecular weight is 277 g/mol. The second kappa shape index (κ2) is 5.92. The van der Waals surface area contributed by atoms with Crippen molar-refractivity contribution >= 4 is 0 Å². The van der Waals surface area contributed by atoms with Gasteiger partial charge in [-0.3, -0.25) is 0 Å². The van der Waals surface area contributed by atoms with E-state index in [1.165, 1.54) is 0 Å². The lowest BCUT2D eigenvalue weighted by Gasteiger charge is -2.14. The largest absolute Gasteiger partial charge is 0.497 e. The van der Waals surface area contributed by atoms with Crippen LogP contribution in [0.3, 0.4) is 0 Å². The minimum atomic E-state index is -0.531. The van der Waals surface area contributed by atoms with E-state index >= 15 is 0 Å². The minimum Gasteiger partial charge on any atom is -0.497 e. The molecular formula is C14H19N3O3. The van der Waals surface area contributed by atoms with Crippen molar-refractivity contribution in [2.45, 2.75) is 25.8 Å². The Labute approximate surface area is 117 Å². The molecule has 6 heteroatoms. The monoisotopic (exact) mass is 277 g/mol. The fourth-order valence-electron chi connectivity index (χ4n) is 1.83. The molecule has 20 heavy (non-hydrogen) atoms. The SMILES string of the molecule is COc1ccc(OC)c(C(N)c2noc(C(C)C)n2)c1. The summed E-state index contributed by atoms with van der Waals surface area (Å²) in [6.07, 6.45) is 0. The molecule has 0 spiro atoms. The number of benzene rings is 1. The summed E-state index contributed by atoms with van der Waals surface area (Å²) in [7, 11) is 3.19. The van der Waals surface area contributed by atoms with Crippen LogP contribution in [0, 0.1) is 0 Å². The quantitative estimate of drug-likeness (QED) is 0.902. The molecule has 2 aromatic rings. The fraction of sp³-hybridized carbons (Fsp3) is 0.429. The van der Waals surface area contributed by atoms with E-state index in [2.05, 4.69) is 10.1 Å². The first-order chi connectivity index (χ1) is 9.56. The van der Waals surface area contributed by atoms with E-state index in [4.69, 9.17) is 19.7 Å². The summed E-state index contributed by atoms with van der Waals surface area (Å²) in [6.45, 7) is 3.96. The van der Waals surface area contributed by atoms with E-state index in [0.717, 1.165) is 5.56 Å². The molecule has 6 nitrogen and oxygen atoms in total. The molecule has 0 saturated carbocycles.